The smallest absolute Gasteiger partial charge is 0.243 e. The molecule has 25 heavy (non-hydrogen) atoms. The summed E-state index contributed by atoms with van der Waals surface area (Å²) in [7, 11) is -1.89. The Hall–Kier alpha value is -1.59. The molecule has 134 valence electrons. The molecule has 0 N–H and O–H groups in total. The maximum Gasteiger partial charge on any atom is 0.243 e. The lowest BCUT2D eigenvalue weighted by atomic mass is 9.84. The van der Waals surface area contributed by atoms with Gasteiger partial charge in [-0.3, -0.25) is 0 Å². The zero-order chi connectivity index (χ0) is 17.4. The van der Waals surface area contributed by atoms with Crippen LogP contribution in [0.1, 0.15) is 38.5 Å². The first kappa shape index (κ1) is 16.9. The molecule has 0 aromatic heterocycles. The van der Waals surface area contributed by atoms with Gasteiger partial charge >= 0.3 is 0 Å². The lowest BCUT2D eigenvalue weighted by Crippen LogP contribution is -2.41. The van der Waals surface area contributed by atoms with E-state index in [1.54, 1.807) is 23.5 Å². The first-order valence-corrected chi connectivity index (χ1v) is 10.6. The van der Waals surface area contributed by atoms with Crippen molar-refractivity contribution in [1.29, 1.82) is 0 Å². The average Bonchev–Trinajstić information content (AvgIpc) is 2.78. The topological polar surface area (TPSA) is 46.6 Å². The van der Waals surface area contributed by atoms with Crippen LogP contribution in [0.5, 0.6) is 5.75 Å². The van der Waals surface area contributed by atoms with E-state index in [1.165, 1.54) is 6.42 Å². The van der Waals surface area contributed by atoms with Crippen LogP contribution in [0.3, 0.4) is 0 Å². The largest absolute Gasteiger partial charge is 0.496 e. The molecule has 1 saturated carbocycles. The second-order valence-corrected chi connectivity index (χ2v) is 9.11. The van der Waals surface area contributed by atoms with Crippen molar-refractivity contribution in [2.45, 2.75) is 49.5 Å². The number of rotatable bonds is 3. The van der Waals surface area contributed by atoms with Crippen molar-refractivity contribution in [3.8, 4) is 5.75 Å². The van der Waals surface area contributed by atoms with Crippen LogP contribution >= 0.6 is 0 Å². The predicted molar refractivity (Wildman–Crippen MR) is 99.4 cm³/mol. The Bertz CT molecular complexity index is 878. The highest BCUT2D eigenvalue weighted by Crippen LogP contribution is 2.38. The molecule has 4 nitrogen and oxygen atoms in total. The van der Waals surface area contributed by atoms with Gasteiger partial charge < -0.3 is 4.74 Å². The lowest BCUT2D eigenvalue weighted by Gasteiger charge is -2.33. The van der Waals surface area contributed by atoms with Crippen molar-refractivity contribution in [3.05, 3.63) is 36.4 Å². The van der Waals surface area contributed by atoms with Crippen molar-refractivity contribution in [1.82, 2.24) is 4.31 Å². The van der Waals surface area contributed by atoms with E-state index in [0.29, 0.717) is 23.1 Å². The van der Waals surface area contributed by atoms with Crippen molar-refractivity contribution in [2.75, 3.05) is 13.7 Å². The molecule has 2 unspecified atom stereocenters. The molecule has 1 saturated heterocycles. The number of fused-ring (bicyclic) bond motifs is 3. The molecule has 1 aliphatic heterocycles. The first-order valence-electron chi connectivity index (χ1n) is 9.19. The van der Waals surface area contributed by atoms with E-state index in [2.05, 4.69) is 0 Å². The van der Waals surface area contributed by atoms with Crippen LogP contribution in [0.4, 0.5) is 0 Å². The minimum atomic E-state index is -3.51. The fourth-order valence-corrected chi connectivity index (χ4v) is 6.50. The number of methoxy groups -OCH3 is 1. The molecule has 2 bridgehead atoms. The van der Waals surface area contributed by atoms with Gasteiger partial charge in [-0.25, -0.2) is 8.42 Å². The maximum atomic E-state index is 13.5. The Balaban J connectivity index is 1.81. The Kier molecular flexibility index (Phi) is 4.46. The molecule has 1 aliphatic carbocycles. The minimum absolute atomic E-state index is 0.159. The number of hydrogen-bond donors (Lipinski definition) is 0. The van der Waals surface area contributed by atoms with Gasteiger partial charge in [0.2, 0.25) is 10.0 Å². The Labute approximate surface area is 149 Å². The van der Waals surface area contributed by atoms with Crippen LogP contribution < -0.4 is 4.74 Å². The van der Waals surface area contributed by atoms with E-state index in [4.69, 9.17) is 4.74 Å². The van der Waals surface area contributed by atoms with Gasteiger partial charge in [0.15, 0.2) is 0 Å². The van der Waals surface area contributed by atoms with Crippen molar-refractivity contribution >= 4 is 20.8 Å². The molecular weight excluding hydrogens is 334 g/mol. The first-order chi connectivity index (χ1) is 12.1. The highest BCUT2D eigenvalue weighted by molar-refractivity contribution is 7.89. The summed E-state index contributed by atoms with van der Waals surface area (Å²) in [6, 6.07) is 11.3. The average molecular weight is 359 g/mol. The summed E-state index contributed by atoms with van der Waals surface area (Å²) < 4.78 is 34.3. The fraction of sp³-hybridized carbons (Fsp3) is 0.500. The van der Waals surface area contributed by atoms with Gasteiger partial charge in [0.05, 0.1) is 12.0 Å². The van der Waals surface area contributed by atoms with Gasteiger partial charge in [0, 0.05) is 23.4 Å². The summed E-state index contributed by atoms with van der Waals surface area (Å²) in [6.45, 7) is 0.643. The molecule has 0 spiro atoms. The fourth-order valence-electron chi connectivity index (χ4n) is 4.59. The molecular formula is C20H25NO3S. The Morgan fingerprint density at radius 2 is 1.76 bits per heavy atom. The van der Waals surface area contributed by atoms with Gasteiger partial charge in [-0.05, 0) is 43.7 Å². The SMILES string of the molecule is COc1ccc(S(=O)(=O)N2CCCC3CCCC2C3)c2ccccc12. The molecule has 4 rings (SSSR count). The van der Waals surface area contributed by atoms with Crippen molar-refractivity contribution in [2.24, 2.45) is 5.92 Å². The number of hydrogen-bond acceptors (Lipinski definition) is 3. The third-order valence-electron chi connectivity index (χ3n) is 5.80. The Morgan fingerprint density at radius 3 is 2.56 bits per heavy atom. The third-order valence-corrected chi connectivity index (χ3v) is 7.81. The number of sulfonamides is 1. The standard InChI is InChI=1S/C20H25NO3S/c1-24-19-11-12-20(18-10-3-2-9-17(18)19)25(22,23)21-13-5-7-15-6-4-8-16(21)14-15/h2-3,9-12,15-16H,4-8,13-14H2,1H3. The zero-order valence-electron chi connectivity index (χ0n) is 14.6. The zero-order valence-corrected chi connectivity index (χ0v) is 15.5. The van der Waals surface area contributed by atoms with E-state index in [-0.39, 0.29) is 6.04 Å². The number of ether oxygens (including phenoxy) is 1. The van der Waals surface area contributed by atoms with Crippen LogP contribution in [0.15, 0.2) is 41.3 Å². The van der Waals surface area contributed by atoms with Crippen LogP contribution in [0.25, 0.3) is 10.8 Å². The summed E-state index contributed by atoms with van der Waals surface area (Å²) in [5.41, 5.74) is 0. The van der Waals surface area contributed by atoms with E-state index in [1.807, 2.05) is 24.3 Å². The Morgan fingerprint density at radius 1 is 1.00 bits per heavy atom. The van der Waals surface area contributed by atoms with E-state index >= 15 is 0 Å². The summed E-state index contributed by atoms with van der Waals surface area (Å²) in [5, 5.41) is 1.60. The predicted octanol–water partition coefficient (Wildman–Crippen LogP) is 4.19. The van der Waals surface area contributed by atoms with Crippen molar-refractivity contribution in [3.63, 3.8) is 0 Å². The van der Waals surface area contributed by atoms with Crippen LogP contribution in [-0.4, -0.2) is 32.4 Å². The molecule has 5 heteroatoms. The molecule has 2 fully saturated rings. The molecule has 0 amide bonds. The van der Waals surface area contributed by atoms with Crippen LogP contribution in [0.2, 0.25) is 0 Å². The second kappa shape index (κ2) is 6.61. The highest BCUT2D eigenvalue weighted by Gasteiger charge is 2.37. The minimum Gasteiger partial charge on any atom is -0.496 e. The molecule has 1 heterocycles. The van der Waals surface area contributed by atoms with Crippen molar-refractivity contribution < 1.29 is 13.2 Å². The summed E-state index contributed by atoms with van der Waals surface area (Å²) in [6.07, 6.45) is 6.54. The number of nitrogens with zero attached hydrogens (tertiary/aromatic N) is 1. The van der Waals surface area contributed by atoms with Gasteiger partial charge in [0.1, 0.15) is 5.75 Å². The summed E-state index contributed by atoms with van der Waals surface area (Å²) in [4.78, 5) is 0.410. The quantitative estimate of drug-likeness (QED) is 0.825. The second-order valence-electron chi connectivity index (χ2n) is 7.26. The van der Waals surface area contributed by atoms with E-state index < -0.39 is 10.0 Å². The van der Waals surface area contributed by atoms with E-state index in [0.717, 1.165) is 42.9 Å². The monoisotopic (exact) mass is 359 g/mol. The molecule has 2 aromatic rings. The summed E-state index contributed by atoms with van der Waals surface area (Å²) >= 11 is 0. The molecule has 2 atom stereocenters. The molecule has 2 aliphatic rings. The van der Waals surface area contributed by atoms with Gasteiger partial charge in [-0.15, -0.1) is 0 Å². The molecule has 0 radical (unpaired) electrons. The third kappa shape index (κ3) is 2.93. The van der Waals surface area contributed by atoms with E-state index in [9.17, 15) is 8.42 Å². The van der Waals surface area contributed by atoms with Crippen LogP contribution in [-0.2, 0) is 10.0 Å². The summed E-state index contributed by atoms with van der Waals surface area (Å²) in [5.74, 6) is 1.41. The lowest BCUT2D eigenvalue weighted by molar-refractivity contribution is 0.239. The van der Waals surface area contributed by atoms with Gasteiger partial charge in [-0.2, -0.15) is 4.31 Å². The molecule has 2 aromatic carbocycles. The highest BCUT2D eigenvalue weighted by atomic mass is 32.2. The normalized spacial score (nSPS) is 24.8. The number of benzene rings is 2. The van der Waals surface area contributed by atoms with Crippen LogP contribution in [0, 0.1) is 5.92 Å². The maximum absolute atomic E-state index is 13.5. The van der Waals surface area contributed by atoms with Gasteiger partial charge in [-0.1, -0.05) is 37.1 Å². The van der Waals surface area contributed by atoms with Gasteiger partial charge in [0.25, 0.3) is 0 Å².